The summed E-state index contributed by atoms with van der Waals surface area (Å²) in [7, 11) is 0. The second kappa shape index (κ2) is 7.18. The van der Waals surface area contributed by atoms with Gasteiger partial charge in [-0.3, -0.25) is 14.9 Å². The molecule has 4 rings (SSSR count). The Bertz CT molecular complexity index is 1110. The lowest BCUT2D eigenvalue weighted by Gasteiger charge is -1.98. The molecule has 0 unspecified atom stereocenters. The minimum Gasteiger partial charge on any atom is -0.364 e. The van der Waals surface area contributed by atoms with Crippen LogP contribution in [0.1, 0.15) is 20.2 Å². The van der Waals surface area contributed by atoms with E-state index in [0.717, 1.165) is 16.7 Å². The lowest BCUT2D eigenvalue weighted by Crippen LogP contribution is -2.10. The van der Waals surface area contributed by atoms with Crippen molar-refractivity contribution in [3.63, 3.8) is 0 Å². The third-order valence-corrected chi connectivity index (χ3v) is 5.59. The van der Waals surface area contributed by atoms with Crippen LogP contribution in [0, 0.1) is 0 Å². The number of nitrogens with zero attached hydrogens (tertiary/aromatic N) is 1. The number of benzene rings is 1. The molecule has 0 saturated carbocycles. The lowest BCUT2D eigenvalue weighted by atomic mass is 10.1. The van der Waals surface area contributed by atoms with Gasteiger partial charge >= 0.3 is 0 Å². The van der Waals surface area contributed by atoms with Gasteiger partial charge in [0.25, 0.3) is 11.8 Å². The van der Waals surface area contributed by atoms with E-state index in [9.17, 15) is 9.59 Å². The fraction of sp³-hybridized carbons (Fsp3) is 0. The smallest absolute Gasteiger partial charge is 0.267 e. The Morgan fingerprint density at radius 3 is 2.56 bits per heavy atom. The van der Waals surface area contributed by atoms with E-state index in [2.05, 4.69) is 15.3 Å². The molecule has 6 nitrogen and oxygen atoms in total. The maximum absolute atomic E-state index is 12.5. The molecule has 0 radical (unpaired) electrons. The number of thiophene rings is 1. The highest BCUT2D eigenvalue weighted by molar-refractivity contribution is 7.15. The van der Waals surface area contributed by atoms with E-state index in [1.807, 2.05) is 47.2 Å². The number of nitrogens with two attached hydrogens (primary N) is 1. The van der Waals surface area contributed by atoms with Gasteiger partial charge in [-0.1, -0.05) is 30.3 Å². The van der Waals surface area contributed by atoms with Crippen LogP contribution in [-0.4, -0.2) is 21.8 Å². The van der Waals surface area contributed by atoms with E-state index in [0.29, 0.717) is 21.4 Å². The molecule has 27 heavy (non-hydrogen) atoms. The van der Waals surface area contributed by atoms with E-state index < -0.39 is 5.91 Å². The zero-order valence-electron chi connectivity index (χ0n) is 13.9. The number of aromatic amines is 1. The van der Waals surface area contributed by atoms with Crippen LogP contribution in [0.3, 0.4) is 0 Å². The number of aromatic nitrogens is 2. The Kier molecular flexibility index (Phi) is 4.57. The zero-order valence-corrected chi connectivity index (χ0v) is 15.6. The summed E-state index contributed by atoms with van der Waals surface area (Å²) in [5.74, 6) is -0.730. The molecule has 0 atom stereocenters. The van der Waals surface area contributed by atoms with Crippen LogP contribution in [0.15, 0.2) is 59.4 Å². The zero-order chi connectivity index (χ0) is 18.8. The summed E-state index contributed by atoms with van der Waals surface area (Å²) in [6.07, 6.45) is 1.66. The van der Waals surface area contributed by atoms with Gasteiger partial charge in [0.05, 0.1) is 10.6 Å². The summed E-state index contributed by atoms with van der Waals surface area (Å²) in [6.45, 7) is 0. The molecule has 0 fully saturated rings. The first-order valence-electron chi connectivity index (χ1n) is 7.99. The molecule has 0 aliphatic rings. The molecule has 1 aromatic carbocycles. The second-order valence-corrected chi connectivity index (χ2v) is 7.49. The average molecular weight is 394 g/mol. The summed E-state index contributed by atoms with van der Waals surface area (Å²) >= 11 is 2.71. The normalized spacial score (nSPS) is 10.7. The summed E-state index contributed by atoms with van der Waals surface area (Å²) < 4.78 is 0. The molecule has 0 bridgehead atoms. The van der Waals surface area contributed by atoms with Crippen molar-refractivity contribution in [2.45, 2.75) is 0 Å². The van der Waals surface area contributed by atoms with Crippen molar-refractivity contribution in [3.05, 3.63) is 70.0 Å². The van der Waals surface area contributed by atoms with Gasteiger partial charge in [-0.15, -0.1) is 22.7 Å². The molecule has 3 aromatic heterocycles. The number of primary amides is 1. The van der Waals surface area contributed by atoms with Crippen molar-refractivity contribution in [1.82, 2.24) is 9.97 Å². The number of carbonyl (C=O) groups is 2. The van der Waals surface area contributed by atoms with Crippen LogP contribution in [0.2, 0.25) is 0 Å². The lowest BCUT2D eigenvalue weighted by molar-refractivity contribution is 0.0994. The summed E-state index contributed by atoms with van der Waals surface area (Å²) in [5.41, 5.74) is 9.04. The topological polar surface area (TPSA) is 101 Å². The first kappa shape index (κ1) is 17.2. The number of nitrogens with one attached hydrogen (secondary N) is 2. The molecule has 0 saturated heterocycles. The third kappa shape index (κ3) is 3.67. The Balaban J connectivity index is 1.48. The maximum Gasteiger partial charge on any atom is 0.267 e. The van der Waals surface area contributed by atoms with Gasteiger partial charge in [-0.25, -0.2) is 4.98 Å². The Labute approximate surface area is 162 Å². The third-order valence-electron chi connectivity index (χ3n) is 3.90. The minimum atomic E-state index is -0.531. The van der Waals surface area contributed by atoms with E-state index in [-0.39, 0.29) is 5.91 Å². The molecule has 4 aromatic rings. The molecule has 0 aliphatic heterocycles. The summed E-state index contributed by atoms with van der Waals surface area (Å²) in [6, 6.07) is 13.4. The molecule has 0 spiro atoms. The number of rotatable bonds is 5. The van der Waals surface area contributed by atoms with E-state index in [4.69, 9.17) is 5.73 Å². The van der Waals surface area contributed by atoms with Gasteiger partial charge in [-0.2, -0.15) is 0 Å². The fourth-order valence-corrected chi connectivity index (χ4v) is 4.07. The highest BCUT2D eigenvalue weighted by Gasteiger charge is 2.14. The first-order valence-corrected chi connectivity index (χ1v) is 9.75. The van der Waals surface area contributed by atoms with Gasteiger partial charge in [0.15, 0.2) is 5.13 Å². The van der Waals surface area contributed by atoms with Crippen molar-refractivity contribution in [1.29, 1.82) is 0 Å². The number of amides is 2. The van der Waals surface area contributed by atoms with Crippen molar-refractivity contribution in [2.75, 3.05) is 5.32 Å². The van der Waals surface area contributed by atoms with Gasteiger partial charge in [0.1, 0.15) is 5.69 Å². The predicted octanol–water partition coefficient (Wildman–Crippen LogP) is 4.22. The number of hydrogen-bond donors (Lipinski definition) is 3. The number of carbonyl (C=O) groups excluding carboxylic acids is 2. The van der Waals surface area contributed by atoms with Crippen molar-refractivity contribution in [3.8, 4) is 22.4 Å². The van der Waals surface area contributed by atoms with Crippen LogP contribution in [0.25, 0.3) is 22.4 Å². The number of anilines is 1. The SMILES string of the molecule is NC(=O)c1cc(-c2csc(NC(=O)c3cc(-c4ccccc4)cs3)n2)c[nH]1. The molecule has 3 heterocycles. The second-order valence-electron chi connectivity index (χ2n) is 5.72. The van der Waals surface area contributed by atoms with E-state index in [1.165, 1.54) is 22.7 Å². The van der Waals surface area contributed by atoms with Crippen LogP contribution < -0.4 is 11.1 Å². The highest BCUT2D eigenvalue weighted by Crippen LogP contribution is 2.28. The maximum atomic E-state index is 12.5. The van der Waals surface area contributed by atoms with Gasteiger partial charge < -0.3 is 10.7 Å². The number of thiazole rings is 1. The standard InChI is InChI=1S/C19H14N4O2S2/c20-17(24)14-6-12(8-21-14)15-10-27-19(22-15)23-18(25)16-7-13(9-26-16)11-4-2-1-3-5-11/h1-10,21H,(H2,20,24)(H,22,23,25). The molecule has 2 amide bonds. The van der Waals surface area contributed by atoms with Crippen LogP contribution in [-0.2, 0) is 0 Å². The van der Waals surface area contributed by atoms with Crippen LogP contribution >= 0.6 is 22.7 Å². The summed E-state index contributed by atoms with van der Waals surface area (Å²) in [4.78, 5) is 31.5. The quantitative estimate of drug-likeness (QED) is 0.472. The van der Waals surface area contributed by atoms with Gasteiger partial charge in [0.2, 0.25) is 0 Å². The fourth-order valence-electron chi connectivity index (χ4n) is 2.54. The Morgan fingerprint density at radius 2 is 1.81 bits per heavy atom. The molecular formula is C19H14N4O2S2. The molecule has 8 heteroatoms. The predicted molar refractivity (Wildman–Crippen MR) is 108 cm³/mol. The van der Waals surface area contributed by atoms with E-state index >= 15 is 0 Å². The number of hydrogen-bond acceptors (Lipinski definition) is 5. The van der Waals surface area contributed by atoms with Gasteiger partial charge in [-0.05, 0) is 28.6 Å². The molecule has 4 N–H and O–H groups in total. The number of H-pyrrole nitrogens is 1. The first-order chi connectivity index (χ1) is 13.1. The van der Waals surface area contributed by atoms with Crippen molar-refractivity contribution >= 4 is 39.6 Å². The Morgan fingerprint density at radius 1 is 1.00 bits per heavy atom. The molecular weight excluding hydrogens is 380 g/mol. The minimum absolute atomic E-state index is 0.199. The van der Waals surface area contributed by atoms with Crippen molar-refractivity contribution < 1.29 is 9.59 Å². The largest absolute Gasteiger partial charge is 0.364 e. The van der Waals surface area contributed by atoms with Crippen LogP contribution in [0.4, 0.5) is 5.13 Å². The Hall–Kier alpha value is -3.23. The monoisotopic (exact) mass is 394 g/mol. The van der Waals surface area contributed by atoms with Gasteiger partial charge in [0, 0.05) is 17.1 Å². The molecule has 0 aliphatic carbocycles. The average Bonchev–Trinajstić information content (AvgIpc) is 3.42. The highest BCUT2D eigenvalue weighted by atomic mass is 32.1. The summed E-state index contributed by atoms with van der Waals surface area (Å²) in [5, 5.41) is 7.09. The van der Waals surface area contributed by atoms with E-state index in [1.54, 1.807) is 12.3 Å². The van der Waals surface area contributed by atoms with Crippen molar-refractivity contribution in [2.24, 2.45) is 5.73 Å². The van der Waals surface area contributed by atoms with Crippen LogP contribution in [0.5, 0.6) is 0 Å². The molecule has 134 valence electrons.